The van der Waals surface area contributed by atoms with E-state index in [-0.39, 0.29) is 5.69 Å². The molecule has 142 valence electrons. The predicted octanol–water partition coefficient (Wildman–Crippen LogP) is 3.38. The molecular formula is C20H15N7OS. The Hall–Kier alpha value is -3.77. The summed E-state index contributed by atoms with van der Waals surface area (Å²) in [5.74, 6) is 1.12. The van der Waals surface area contributed by atoms with E-state index >= 15 is 0 Å². The van der Waals surface area contributed by atoms with Gasteiger partial charge in [-0.3, -0.25) is 4.79 Å². The molecule has 0 saturated heterocycles. The van der Waals surface area contributed by atoms with Gasteiger partial charge in [-0.15, -0.1) is 10.2 Å². The maximum absolute atomic E-state index is 12.4. The minimum absolute atomic E-state index is 0.0392. The Bertz CT molecular complexity index is 1210. The molecule has 9 heteroatoms. The van der Waals surface area contributed by atoms with Crippen LogP contribution < -0.4 is 5.56 Å². The number of benzene rings is 2. The second kappa shape index (κ2) is 8.50. The lowest BCUT2D eigenvalue weighted by molar-refractivity contribution is 0.881. The van der Waals surface area contributed by atoms with E-state index < -0.39 is 5.56 Å². The molecule has 0 unspecified atom stereocenters. The van der Waals surface area contributed by atoms with Gasteiger partial charge in [0.25, 0.3) is 11.2 Å². The van der Waals surface area contributed by atoms with E-state index in [4.69, 9.17) is 6.57 Å². The number of aromatic nitrogens is 6. The molecule has 0 saturated carbocycles. The van der Waals surface area contributed by atoms with E-state index in [1.165, 1.54) is 11.8 Å². The summed E-state index contributed by atoms with van der Waals surface area (Å²) in [6, 6.07) is 17.4. The second-order valence-corrected chi connectivity index (χ2v) is 7.13. The number of hydrogen-bond donors (Lipinski definition) is 2. The topological polar surface area (TPSA) is 105 Å². The SMILES string of the molecule is [C-]#[N+]c1c(Cc2ccccc2)nc(SCc2cccc(-c3nn[nH]n3)c2)[nH]c1=O. The third-order valence-electron chi connectivity index (χ3n) is 4.18. The number of thioether (sulfide) groups is 1. The number of rotatable bonds is 6. The lowest BCUT2D eigenvalue weighted by Crippen LogP contribution is -2.11. The van der Waals surface area contributed by atoms with E-state index in [0.717, 1.165) is 16.7 Å². The molecule has 0 atom stereocenters. The van der Waals surface area contributed by atoms with E-state index in [9.17, 15) is 4.79 Å². The van der Waals surface area contributed by atoms with Crippen molar-refractivity contribution in [2.45, 2.75) is 17.3 Å². The van der Waals surface area contributed by atoms with Crippen LogP contribution in [0, 0.1) is 6.57 Å². The zero-order valence-electron chi connectivity index (χ0n) is 15.2. The first-order valence-electron chi connectivity index (χ1n) is 8.73. The number of tetrazole rings is 1. The zero-order valence-corrected chi connectivity index (χ0v) is 16.0. The first-order valence-corrected chi connectivity index (χ1v) is 9.71. The highest BCUT2D eigenvalue weighted by atomic mass is 32.2. The van der Waals surface area contributed by atoms with Gasteiger partial charge in [0.15, 0.2) is 5.16 Å². The first-order chi connectivity index (χ1) is 14.2. The molecule has 2 heterocycles. The summed E-state index contributed by atoms with van der Waals surface area (Å²) >= 11 is 1.40. The molecule has 0 aliphatic heterocycles. The number of H-pyrrole nitrogens is 2. The van der Waals surface area contributed by atoms with Gasteiger partial charge in [0.2, 0.25) is 5.82 Å². The highest BCUT2D eigenvalue weighted by molar-refractivity contribution is 7.98. The number of aromatic amines is 2. The van der Waals surface area contributed by atoms with Crippen LogP contribution in [0.3, 0.4) is 0 Å². The fourth-order valence-corrected chi connectivity index (χ4v) is 3.65. The van der Waals surface area contributed by atoms with Crippen LogP contribution in [0.25, 0.3) is 16.2 Å². The molecule has 0 aliphatic carbocycles. The predicted molar refractivity (Wildman–Crippen MR) is 110 cm³/mol. The summed E-state index contributed by atoms with van der Waals surface area (Å²) in [7, 11) is 0. The average Bonchev–Trinajstić information content (AvgIpc) is 3.28. The molecular weight excluding hydrogens is 386 g/mol. The molecule has 0 aliphatic rings. The van der Waals surface area contributed by atoms with Gasteiger partial charge < -0.3 is 4.98 Å². The number of nitrogens with one attached hydrogen (secondary N) is 2. The van der Waals surface area contributed by atoms with E-state index in [1.54, 1.807) is 0 Å². The van der Waals surface area contributed by atoms with Crippen LogP contribution >= 0.6 is 11.8 Å². The Morgan fingerprint density at radius 3 is 2.66 bits per heavy atom. The van der Waals surface area contributed by atoms with Crippen LogP contribution in [0.15, 0.2) is 64.5 Å². The van der Waals surface area contributed by atoms with Gasteiger partial charge in [-0.25, -0.2) is 9.83 Å². The van der Waals surface area contributed by atoms with Crippen LogP contribution in [0.5, 0.6) is 0 Å². The quantitative estimate of drug-likeness (QED) is 0.292. The van der Waals surface area contributed by atoms with Crippen LogP contribution in [0.4, 0.5) is 5.69 Å². The normalized spacial score (nSPS) is 10.6. The van der Waals surface area contributed by atoms with Crippen molar-refractivity contribution >= 4 is 17.4 Å². The number of nitrogens with zero attached hydrogens (tertiary/aromatic N) is 5. The monoisotopic (exact) mass is 401 g/mol. The minimum Gasteiger partial charge on any atom is -0.311 e. The molecule has 4 aromatic rings. The lowest BCUT2D eigenvalue weighted by Gasteiger charge is -2.07. The van der Waals surface area contributed by atoms with Crippen molar-refractivity contribution in [3.63, 3.8) is 0 Å². The van der Waals surface area contributed by atoms with Crippen LogP contribution in [0.2, 0.25) is 0 Å². The molecule has 2 aromatic heterocycles. The smallest absolute Gasteiger partial charge is 0.271 e. The average molecular weight is 401 g/mol. The first kappa shape index (κ1) is 18.6. The summed E-state index contributed by atoms with van der Waals surface area (Å²) in [5.41, 5.74) is 2.99. The van der Waals surface area contributed by atoms with Crippen molar-refractivity contribution < 1.29 is 0 Å². The second-order valence-electron chi connectivity index (χ2n) is 6.17. The highest BCUT2D eigenvalue weighted by Crippen LogP contribution is 2.24. The fraction of sp³-hybridized carbons (Fsp3) is 0.100. The summed E-state index contributed by atoms with van der Waals surface area (Å²) in [6.45, 7) is 7.33. The van der Waals surface area contributed by atoms with Crippen molar-refractivity contribution in [3.05, 3.63) is 93.2 Å². The molecule has 0 fully saturated rings. The standard InChI is InChI=1S/C20H15N7OS/c1-21-17-16(11-13-6-3-2-4-7-13)22-20(23-19(17)28)29-12-14-8-5-9-15(10-14)18-24-26-27-25-18/h2-10H,11-12H2,(H,22,23,28)(H,24,25,26,27). The highest BCUT2D eigenvalue weighted by Gasteiger charge is 2.13. The third kappa shape index (κ3) is 4.39. The molecule has 29 heavy (non-hydrogen) atoms. The Morgan fingerprint density at radius 1 is 1.07 bits per heavy atom. The summed E-state index contributed by atoms with van der Waals surface area (Å²) in [5, 5.41) is 14.5. The van der Waals surface area contributed by atoms with Crippen molar-refractivity contribution in [2.75, 3.05) is 0 Å². The van der Waals surface area contributed by atoms with Crippen molar-refractivity contribution in [2.24, 2.45) is 0 Å². The molecule has 0 radical (unpaired) electrons. The maximum Gasteiger partial charge on any atom is 0.271 e. The minimum atomic E-state index is -0.413. The van der Waals surface area contributed by atoms with Gasteiger partial charge >= 0.3 is 0 Å². The van der Waals surface area contributed by atoms with Gasteiger partial charge in [0.1, 0.15) is 0 Å². The molecule has 8 nitrogen and oxygen atoms in total. The summed E-state index contributed by atoms with van der Waals surface area (Å²) in [4.78, 5) is 23.0. The van der Waals surface area contributed by atoms with Gasteiger partial charge in [-0.1, -0.05) is 60.3 Å². The van der Waals surface area contributed by atoms with Gasteiger partial charge in [-0.05, 0) is 22.4 Å². The van der Waals surface area contributed by atoms with Gasteiger partial charge in [0.05, 0.1) is 12.3 Å². The van der Waals surface area contributed by atoms with Crippen molar-refractivity contribution in [1.82, 2.24) is 30.6 Å². The van der Waals surface area contributed by atoms with Crippen molar-refractivity contribution in [1.29, 1.82) is 0 Å². The summed E-state index contributed by atoms with van der Waals surface area (Å²) in [6.07, 6.45) is 0.434. The van der Waals surface area contributed by atoms with Crippen LogP contribution in [0.1, 0.15) is 16.8 Å². The largest absolute Gasteiger partial charge is 0.311 e. The van der Waals surface area contributed by atoms with Gasteiger partial charge in [0, 0.05) is 17.7 Å². The Labute approximate surface area is 170 Å². The molecule has 0 amide bonds. The maximum atomic E-state index is 12.4. The molecule has 2 aromatic carbocycles. The summed E-state index contributed by atoms with van der Waals surface area (Å²) < 4.78 is 0. The van der Waals surface area contributed by atoms with E-state index in [1.807, 2.05) is 54.6 Å². The van der Waals surface area contributed by atoms with E-state index in [2.05, 4.69) is 35.4 Å². The number of hydrogen-bond acceptors (Lipinski definition) is 6. The molecule has 2 N–H and O–H groups in total. The fourth-order valence-electron chi connectivity index (χ4n) is 2.82. The van der Waals surface area contributed by atoms with E-state index in [0.29, 0.717) is 28.8 Å². The lowest BCUT2D eigenvalue weighted by atomic mass is 10.1. The molecule has 4 rings (SSSR count). The van der Waals surface area contributed by atoms with Gasteiger partial charge in [-0.2, -0.15) is 5.21 Å². The van der Waals surface area contributed by atoms with Crippen LogP contribution in [-0.2, 0) is 12.2 Å². The van der Waals surface area contributed by atoms with Crippen molar-refractivity contribution in [3.8, 4) is 11.4 Å². The Kier molecular flexibility index (Phi) is 5.45. The zero-order chi connectivity index (χ0) is 20.1. The molecule has 0 bridgehead atoms. The molecule has 0 spiro atoms. The Morgan fingerprint density at radius 2 is 1.90 bits per heavy atom. The Balaban J connectivity index is 1.56. The third-order valence-corrected chi connectivity index (χ3v) is 5.12. The van der Waals surface area contributed by atoms with Crippen LogP contribution in [-0.4, -0.2) is 30.6 Å².